The molecule has 2 rings (SSSR count). The maximum atomic E-state index is 12.1. The summed E-state index contributed by atoms with van der Waals surface area (Å²) in [4.78, 5) is 17.1. The van der Waals surface area contributed by atoms with Crippen molar-refractivity contribution in [3.8, 4) is 0 Å². The van der Waals surface area contributed by atoms with Gasteiger partial charge in [0.25, 0.3) is 0 Å². The van der Waals surface area contributed by atoms with E-state index >= 15 is 0 Å². The first-order valence-corrected chi connectivity index (χ1v) is 6.25. The van der Waals surface area contributed by atoms with Gasteiger partial charge in [-0.3, -0.25) is 4.79 Å². The van der Waals surface area contributed by atoms with Gasteiger partial charge in [-0.15, -0.1) is 0 Å². The molecule has 2 N–H and O–H groups in total. The van der Waals surface area contributed by atoms with Gasteiger partial charge in [0, 0.05) is 18.4 Å². The molecule has 4 nitrogen and oxygen atoms in total. The van der Waals surface area contributed by atoms with Crippen LogP contribution in [0.5, 0.6) is 0 Å². The van der Waals surface area contributed by atoms with E-state index in [0.717, 1.165) is 37.1 Å². The Morgan fingerprint density at radius 1 is 1.59 bits per heavy atom. The molecule has 94 valence electrons. The molecular formula is C13H20N2O2. The van der Waals surface area contributed by atoms with E-state index in [0.29, 0.717) is 6.42 Å². The number of hydrogen-bond acceptors (Lipinski definition) is 2. The first kappa shape index (κ1) is 12.2. The molecule has 0 aromatic carbocycles. The fourth-order valence-electron chi connectivity index (χ4n) is 2.46. The number of carbonyl (C=O) groups excluding carboxylic acids is 1. The van der Waals surface area contributed by atoms with Crippen molar-refractivity contribution in [3.05, 3.63) is 23.5 Å². The third-order valence-electron chi connectivity index (χ3n) is 3.40. The summed E-state index contributed by atoms with van der Waals surface area (Å²) in [6, 6.07) is 2.02. The number of rotatable bonds is 3. The number of aliphatic hydroxyl groups is 1. The average Bonchev–Trinajstić information content (AvgIpc) is 2.74. The highest BCUT2D eigenvalue weighted by atomic mass is 16.3. The van der Waals surface area contributed by atoms with Gasteiger partial charge in [0.15, 0.2) is 0 Å². The van der Waals surface area contributed by atoms with Crippen molar-refractivity contribution in [3.63, 3.8) is 0 Å². The quantitative estimate of drug-likeness (QED) is 0.829. The predicted octanol–water partition coefficient (Wildman–Crippen LogP) is 1.24. The number of aryl methyl sites for hydroxylation is 1. The zero-order valence-electron chi connectivity index (χ0n) is 10.3. The van der Waals surface area contributed by atoms with Crippen LogP contribution in [0.25, 0.3) is 0 Å². The van der Waals surface area contributed by atoms with Gasteiger partial charge in [0.05, 0.1) is 19.1 Å². The molecule has 0 saturated carbocycles. The molecule has 0 aliphatic carbocycles. The van der Waals surface area contributed by atoms with Crippen LogP contribution in [0.4, 0.5) is 0 Å². The Balaban J connectivity index is 1.98. The van der Waals surface area contributed by atoms with E-state index in [-0.39, 0.29) is 18.6 Å². The third kappa shape index (κ3) is 2.88. The first-order valence-electron chi connectivity index (χ1n) is 6.25. The smallest absolute Gasteiger partial charge is 0.227 e. The lowest BCUT2D eigenvalue weighted by atomic mass is 10.0. The summed E-state index contributed by atoms with van der Waals surface area (Å²) in [7, 11) is 0. The van der Waals surface area contributed by atoms with E-state index in [2.05, 4.69) is 4.98 Å². The van der Waals surface area contributed by atoms with E-state index < -0.39 is 0 Å². The third-order valence-corrected chi connectivity index (χ3v) is 3.40. The van der Waals surface area contributed by atoms with E-state index in [4.69, 9.17) is 0 Å². The number of amides is 1. The van der Waals surface area contributed by atoms with Crippen molar-refractivity contribution in [2.75, 3.05) is 13.2 Å². The molecule has 1 unspecified atom stereocenters. The molecule has 1 aromatic heterocycles. The SMILES string of the molecule is Cc1cc(CC(=O)N2CCCCC2CO)c[nH]1. The monoisotopic (exact) mass is 236 g/mol. The van der Waals surface area contributed by atoms with Crippen molar-refractivity contribution in [2.45, 2.75) is 38.6 Å². The van der Waals surface area contributed by atoms with E-state index in [9.17, 15) is 9.90 Å². The van der Waals surface area contributed by atoms with Gasteiger partial charge in [-0.05, 0) is 37.8 Å². The Morgan fingerprint density at radius 3 is 3.06 bits per heavy atom. The van der Waals surface area contributed by atoms with Crippen LogP contribution in [0.3, 0.4) is 0 Å². The van der Waals surface area contributed by atoms with Gasteiger partial charge in [0.2, 0.25) is 5.91 Å². The number of nitrogens with one attached hydrogen (secondary N) is 1. The summed E-state index contributed by atoms with van der Waals surface area (Å²) in [5.41, 5.74) is 2.10. The fraction of sp³-hybridized carbons (Fsp3) is 0.615. The number of aromatic nitrogens is 1. The van der Waals surface area contributed by atoms with E-state index in [1.807, 2.05) is 24.1 Å². The number of carbonyl (C=O) groups is 1. The maximum absolute atomic E-state index is 12.1. The van der Waals surface area contributed by atoms with Gasteiger partial charge < -0.3 is 15.0 Å². The van der Waals surface area contributed by atoms with Gasteiger partial charge in [-0.25, -0.2) is 0 Å². The summed E-state index contributed by atoms with van der Waals surface area (Å²) in [6.45, 7) is 2.84. The Hall–Kier alpha value is -1.29. The van der Waals surface area contributed by atoms with E-state index in [1.54, 1.807) is 0 Å². The fourth-order valence-corrected chi connectivity index (χ4v) is 2.46. The minimum absolute atomic E-state index is 0.0243. The largest absolute Gasteiger partial charge is 0.394 e. The van der Waals surface area contributed by atoms with Gasteiger partial charge in [0.1, 0.15) is 0 Å². The molecule has 0 radical (unpaired) electrons. The lowest BCUT2D eigenvalue weighted by Gasteiger charge is -2.34. The highest BCUT2D eigenvalue weighted by molar-refractivity contribution is 5.79. The molecule has 4 heteroatoms. The van der Waals surface area contributed by atoms with Crippen LogP contribution in [-0.2, 0) is 11.2 Å². The zero-order valence-corrected chi connectivity index (χ0v) is 10.3. The van der Waals surface area contributed by atoms with Crippen LogP contribution in [-0.4, -0.2) is 40.1 Å². The number of likely N-dealkylation sites (tertiary alicyclic amines) is 1. The Morgan fingerprint density at radius 2 is 2.41 bits per heavy atom. The van der Waals surface area contributed by atoms with Gasteiger partial charge >= 0.3 is 0 Å². The molecule has 1 amide bonds. The molecule has 2 heterocycles. The van der Waals surface area contributed by atoms with Gasteiger partial charge in [-0.1, -0.05) is 0 Å². The van der Waals surface area contributed by atoms with Crippen LogP contribution in [0.2, 0.25) is 0 Å². The molecule has 0 spiro atoms. The van der Waals surface area contributed by atoms with Crippen molar-refractivity contribution >= 4 is 5.91 Å². The number of H-pyrrole nitrogens is 1. The van der Waals surface area contributed by atoms with Crippen LogP contribution < -0.4 is 0 Å². The Labute approximate surface area is 102 Å². The summed E-state index contributed by atoms with van der Waals surface area (Å²) in [6.07, 6.45) is 5.40. The zero-order chi connectivity index (χ0) is 12.3. The number of aromatic amines is 1. The highest BCUT2D eigenvalue weighted by Crippen LogP contribution is 2.18. The lowest BCUT2D eigenvalue weighted by molar-refractivity contribution is -0.135. The Bertz CT molecular complexity index is 387. The van der Waals surface area contributed by atoms with Crippen molar-refractivity contribution in [1.29, 1.82) is 0 Å². The van der Waals surface area contributed by atoms with Gasteiger partial charge in [-0.2, -0.15) is 0 Å². The standard InChI is InChI=1S/C13H20N2O2/c1-10-6-11(8-14-10)7-13(17)15-5-3-2-4-12(15)9-16/h6,8,12,14,16H,2-5,7,9H2,1H3. The predicted molar refractivity (Wildman–Crippen MR) is 65.7 cm³/mol. The number of aliphatic hydroxyl groups excluding tert-OH is 1. The molecule has 0 bridgehead atoms. The summed E-state index contributed by atoms with van der Waals surface area (Å²) >= 11 is 0. The second kappa shape index (κ2) is 5.36. The number of piperidine rings is 1. The molecule has 1 atom stereocenters. The summed E-state index contributed by atoms with van der Waals surface area (Å²) in [5.74, 6) is 0.128. The second-order valence-corrected chi connectivity index (χ2v) is 4.79. The number of nitrogens with zero attached hydrogens (tertiary/aromatic N) is 1. The van der Waals surface area contributed by atoms with Crippen molar-refractivity contribution in [1.82, 2.24) is 9.88 Å². The van der Waals surface area contributed by atoms with E-state index in [1.165, 1.54) is 0 Å². The average molecular weight is 236 g/mol. The molecule has 17 heavy (non-hydrogen) atoms. The molecular weight excluding hydrogens is 216 g/mol. The topological polar surface area (TPSA) is 56.3 Å². The first-order chi connectivity index (χ1) is 8.20. The Kier molecular flexibility index (Phi) is 3.84. The summed E-state index contributed by atoms with van der Waals surface area (Å²) < 4.78 is 0. The van der Waals surface area contributed by atoms with Crippen LogP contribution in [0.15, 0.2) is 12.3 Å². The highest BCUT2D eigenvalue weighted by Gasteiger charge is 2.25. The minimum Gasteiger partial charge on any atom is -0.394 e. The molecule has 1 aromatic rings. The molecule has 1 aliphatic heterocycles. The lowest BCUT2D eigenvalue weighted by Crippen LogP contribution is -2.46. The normalized spacial score (nSPS) is 20.6. The minimum atomic E-state index is 0.0243. The van der Waals surface area contributed by atoms with Crippen LogP contribution in [0.1, 0.15) is 30.5 Å². The van der Waals surface area contributed by atoms with Crippen LogP contribution >= 0.6 is 0 Å². The molecule has 1 saturated heterocycles. The summed E-state index contributed by atoms with van der Waals surface area (Å²) in [5, 5.41) is 9.28. The maximum Gasteiger partial charge on any atom is 0.227 e. The molecule has 1 fully saturated rings. The van der Waals surface area contributed by atoms with Crippen molar-refractivity contribution in [2.24, 2.45) is 0 Å². The second-order valence-electron chi connectivity index (χ2n) is 4.79. The van der Waals surface area contributed by atoms with Crippen molar-refractivity contribution < 1.29 is 9.90 Å². The number of hydrogen-bond donors (Lipinski definition) is 2. The van der Waals surface area contributed by atoms with Crippen LogP contribution in [0, 0.1) is 6.92 Å². The molecule has 1 aliphatic rings.